The predicted molar refractivity (Wildman–Crippen MR) is 77.4 cm³/mol. The van der Waals surface area contributed by atoms with Gasteiger partial charge in [0.15, 0.2) is 0 Å². The summed E-state index contributed by atoms with van der Waals surface area (Å²) >= 11 is 0. The monoisotopic (exact) mass is 239 g/mol. The first-order chi connectivity index (χ1) is 8.29. The van der Waals surface area contributed by atoms with Crippen LogP contribution in [0, 0.1) is 5.92 Å². The Morgan fingerprint density at radius 1 is 0.824 bits per heavy atom. The van der Waals surface area contributed by atoms with Crippen molar-refractivity contribution in [3.63, 3.8) is 0 Å². The molecular weight excluding hydrogens is 206 g/mol. The van der Waals surface area contributed by atoms with Gasteiger partial charge >= 0.3 is 0 Å². The third-order valence-corrected chi connectivity index (χ3v) is 4.47. The van der Waals surface area contributed by atoms with Crippen molar-refractivity contribution in [2.45, 2.75) is 91.1 Å². The van der Waals surface area contributed by atoms with Crippen LogP contribution in [0.2, 0.25) is 0 Å². The van der Waals surface area contributed by atoms with Gasteiger partial charge in [-0.2, -0.15) is 0 Å². The molecule has 2 atom stereocenters. The Hall–Kier alpha value is -0.0400. The molecule has 2 rings (SSSR count). The van der Waals surface area contributed by atoms with Crippen LogP contribution in [0.4, 0.5) is 0 Å². The molecule has 1 saturated heterocycles. The van der Waals surface area contributed by atoms with Gasteiger partial charge in [-0.05, 0) is 45.6 Å². The summed E-state index contributed by atoms with van der Waals surface area (Å²) in [5.41, 5.74) is 0. The Bertz CT molecular complexity index is 188. The van der Waals surface area contributed by atoms with E-state index in [-0.39, 0.29) is 0 Å². The number of hydrogen-bond donors (Lipinski definition) is 0. The quantitative estimate of drug-likeness (QED) is 0.632. The van der Waals surface area contributed by atoms with Crippen LogP contribution in [0.5, 0.6) is 0 Å². The maximum atomic E-state index is 2.77. The lowest BCUT2D eigenvalue weighted by Crippen LogP contribution is -2.37. The lowest BCUT2D eigenvalue weighted by molar-refractivity contribution is 0.168. The number of nitrogens with zero attached hydrogens (tertiary/aromatic N) is 1. The van der Waals surface area contributed by atoms with Crippen molar-refractivity contribution in [2.75, 3.05) is 6.54 Å². The van der Waals surface area contributed by atoms with Gasteiger partial charge < -0.3 is 0 Å². The Kier molecular flexibility index (Phi) is 7.18. The second-order valence-corrected chi connectivity index (χ2v) is 5.79. The van der Waals surface area contributed by atoms with E-state index in [4.69, 9.17) is 0 Å². The second-order valence-electron chi connectivity index (χ2n) is 5.79. The highest BCUT2D eigenvalue weighted by Crippen LogP contribution is 2.34. The Morgan fingerprint density at radius 3 is 2.06 bits per heavy atom. The minimum absolute atomic E-state index is 0.765. The molecule has 17 heavy (non-hydrogen) atoms. The van der Waals surface area contributed by atoms with Gasteiger partial charge in [-0.3, -0.25) is 4.90 Å². The summed E-state index contributed by atoms with van der Waals surface area (Å²) in [6.07, 6.45) is 11.9. The molecule has 1 aliphatic carbocycles. The van der Waals surface area contributed by atoms with Gasteiger partial charge in [0.2, 0.25) is 0 Å². The van der Waals surface area contributed by atoms with E-state index < -0.39 is 0 Å². The standard InChI is InChI=1S/C14H27N.C2H6/c1-12(2)15-11-10-13-8-6-4-3-5-7-9-14(13)15;1-2/h12-14H,3-11H2,1-2H3;1-2H3. The molecule has 2 aliphatic rings. The Morgan fingerprint density at radius 2 is 1.41 bits per heavy atom. The first-order valence-electron chi connectivity index (χ1n) is 8.05. The highest BCUT2D eigenvalue weighted by molar-refractivity contribution is 4.89. The molecule has 0 spiro atoms. The van der Waals surface area contributed by atoms with Gasteiger partial charge in [0.1, 0.15) is 0 Å². The van der Waals surface area contributed by atoms with Crippen LogP contribution in [0.1, 0.15) is 79.1 Å². The fourth-order valence-corrected chi connectivity index (χ4v) is 3.61. The van der Waals surface area contributed by atoms with Crippen molar-refractivity contribution < 1.29 is 0 Å². The number of likely N-dealkylation sites (tertiary alicyclic amines) is 1. The lowest BCUT2D eigenvalue weighted by atomic mass is 9.92. The molecule has 0 aromatic heterocycles. The average molecular weight is 239 g/mol. The Balaban J connectivity index is 0.000000686. The van der Waals surface area contributed by atoms with Crippen LogP contribution in [0.25, 0.3) is 0 Å². The van der Waals surface area contributed by atoms with Crippen LogP contribution >= 0.6 is 0 Å². The summed E-state index contributed by atoms with van der Waals surface area (Å²) in [5, 5.41) is 0. The highest BCUT2D eigenvalue weighted by atomic mass is 15.2. The molecular formula is C16H33N. The molecule has 1 heterocycles. The van der Waals surface area contributed by atoms with E-state index in [1.807, 2.05) is 13.8 Å². The summed E-state index contributed by atoms with van der Waals surface area (Å²) in [7, 11) is 0. The fraction of sp³-hybridized carbons (Fsp3) is 1.00. The molecule has 102 valence electrons. The van der Waals surface area contributed by atoms with Crippen LogP contribution in [-0.2, 0) is 0 Å². The van der Waals surface area contributed by atoms with Crippen molar-refractivity contribution in [2.24, 2.45) is 5.92 Å². The summed E-state index contributed by atoms with van der Waals surface area (Å²) in [6.45, 7) is 10.1. The van der Waals surface area contributed by atoms with Gasteiger partial charge in [0.05, 0.1) is 0 Å². The zero-order valence-corrected chi connectivity index (χ0v) is 12.5. The van der Waals surface area contributed by atoms with Crippen molar-refractivity contribution in [1.82, 2.24) is 4.90 Å². The predicted octanol–water partition coefficient (Wildman–Crippen LogP) is 4.86. The van der Waals surface area contributed by atoms with Crippen molar-refractivity contribution in [3.05, 3.63) is 0 Å². The zero-order valence-electron chi connectivity index (χ0n) is 12.5. The minimum atomic E-state index is 0.765. The molecule has 2 unspecified atom stereocenters. The minimum Gasteiger partial charge on any atom is -0.298 e. The molecule has 0 N–H and O–H groups in total. The van der Waals surface area contributed by atoms with E-state index in [0.717, 1.165) is 18.0 Å². The van der Waals surface area contributed by atoms with E-state index >= 15 is 0 Å². The topological polar surface area (TPSA) is 3.24 Å². The summed E-state index contributed by atoms with van der Waals surface area (Å²) < 4.78 is 0. The molecule has 1 saturated carbocycles. The summed E-state index contributed by atoms with van der Waals surface area (Å²) in [6, 6.07) is 1.70. The molecule has 0 aromatic rings. The van der Waals surface area contributed by atoms with Crippen molar-refractivity contribution >= 4 is 0 Å². The van der Waals surface area contributed by atoms with Gasteiger partial charge in [-0.25, -0.2) is 0 Å². The molecule has 1 aliphatic heterocycles. The van der Waals surface area contributed by atoms with Crippen LogP contribution in [0.15, 0.2) is 0 Å². The number of rotatable bonds is 1. The van der Waals surface area contributed by atoms with Crippen LogP contribution in [-0.4, -0.2) is 23.5 Å². The van der Waals surface area contributed by atoms with Gasteiger partial charge in [0, 0.05) is 12.1 Å². The molecule has 0 radical (unpaired) electrons. The Labute approximate surface area is 109 Å². The SMILES string of the molecule is CC.CC(C)N1CCC2CCCCCCCC21. The molecule has 0 aromatic carbocycles. The lowest BCUT2D eigenvalue weighted by Gasteiger charge is -2.31. The molecule has 2 fully saturated rings. The maximum absolute atomic E-state index is 2.77. The zero-order chi connectivity index (χ0) is 12.7. The van der Waals surface area contributed by atoms with E-state index in [0.29, 0.717) is 0 Å². The number of fused-ring (bicyclic) bond motifs is 1. The first kappa shape index (κ1) is 15.0. The molecule has 1 nitrogen and oxygen atoms in total. The largest absolute Gasteiger partial charge is 0.298 e. The third kappa shape index (κ3) is 4.28. The second kappa shape index (κ2) is 8.13. The van der Waals surface area contributed by atoms with Gasteiger partial charge in [-0.15, -0.1) is 0 Å². The van der Waals surface area contributed by atoms with Crippen molar-refractivity contribution in [3.8, 4) is 0 Å². The van der Waals surface area contributed by atoms with E-state index in [9.17, 15) is 0 Å². The van der Waals surface area contributed by atoms with Gasteiger partial charge in [-0.1, -0.05) is 46.0 Å². The van der Waals surface area contributed by atoms with Crippen LogP contribution in [0.3, 0.4) is 0 Å². The fourth-order valence-electron chi connectivity index (χ4n) is 3.61. The molecule has 1 heteroatoms. The van der Waals surface area contributed by atoms with Crippen LogP contribution < -0.4 is 0 Å². The number of hydrogen-bond acceptors (Lipinski definition) is 1. The third-order valence-electron chi connectivity index (χ3n) is 4.47. The first-order valence-corrected chi connectivity index (χ1v) is 8.05. The van der Waals surface area contributed by atoms with E-state index in [2.05, 4.69) is 18.7 Å². The molecule has 0 bridgehead atoms. The van der Waals surface area contributed by atoms with Gasteiger partial charge in [0.25, 0.3) is 0 Å². The highest BCUT2D eigenvalue weighted by Gasteiger charge is 2.34. The average Bonchev–Trinajstić information content (AvgIpc) is 2.75. The summed E-state index contributed by atoms with van der Waals surface area (Å²) in [4.78, 5) is 2.77. The smallest absolute Gasteiger partial charge is 0.0127 e. The van der Waals surface area contributed by atoms with E-state index in [1.165, 1.54) is 57.9 Å². The van der Waals surface area contributed by atoms with E-state index in [1.54, 1.807) is 0 Å². The van der Waals surface area contributed by atoms with Crippen molar-refractivity contribution in [1.29, 1.82) is 0 Å². The summed E-state index contributed by atoms with van der Waals surface area (Å²) in [5.74, 6) is 1.03. The molecule has 0 amide bonds. The normalized spacial score (nSPS) is 30.9. The maximum Gasteiger partial charge on any atom is 0.0127 e.